The van der Waals surface area contributed by atoms with Gasteiger partial charge in [-0.2, -0.15) is 0 Å². The van der Waals surface area contributed by atoms with Crippen molar-refractivity contribution < 1.29 is 0 Å². The summed E-state index contributed by atoms with van der Waals surface area (Å²) in [7, 11) is 0. The maximum Gasteiger partial charge on any atom is 0.143 e. The fourth-order valence-corrected chi connectivity index (χ4v) is 2.87. The molecule has 1 aromatic heterocycles. The smallest absolute Gasteiger partial charge is 0.143 e. The number of pyridine rings is 1. The monoisotopic (exact) mass is 268 g/mol. The van der Waals surface area contributed by atoms with Crippen molar-refractivity contribution in [1.29, 1.82) is 0 Å². The Morgan fingerprint density at radius 3 is 2.60 bits per heavy atom. The van der Waals surface area contributed by atoms with Crippen LogP contribution in [0.5, 0.6) is 0 Å². The van der Waals surface area contributed by atoms with Crippen molar-refractivity contribution >= 4 is 21.7 Å². The van der Waals surface area contributed by atoms with E-state index in [9.17, 15) is 0 Å². The first-order valence-electron chi connectivity index (χ1n) is 5.59. The predicted octanol–water partition coefficient (Wildman–Crippen LogP) is 3.61. The number of anilines is 1. The topological polar surface area (TPSA) is 16.1 Å². The molecule has 82 valence electrons. The summed E-state index contributed by atoms with van der Waals surface area (Å²) in [5, 5.41) is 0. The summed E-state index contributed by atoms with van der Waals surface area (Å²) in [6.45, 7) is 4.58. The van der Waals surface area contributed by atoms with E-state index in [1.165, 1.54) is 19.3 Å². The van der Waals surface area contributed by atoms with Gasteiger partial charge in [0, 0.05) is 18.3 Å². The van der Waals surface area contributed by atoms with Crippen LogP contribution < -0.4 is 4.90 Å². The molecule has 0 spiro atoms. The number of hydrogen-bond acceptors (Lipinski definition) is 2. The van der Waals surface area contributed by atoms with Crippen LogP contribution in [0.4, 0.5) is 5.82 Å². The lowest BCUT2D eigenvalue weighted by molar-refractivity contribution is 0.410. The fourth-order valence-electron chi connectivity index (χ4n) is 2.41. The van der Waals surface area contributed by atoms with Crippen molar-refractivity contribution in [3.8, 4) is 0 Å². The highest BCUT2D eigenvalue weighted by atomic mass is 79.9. The molecule has 1 aliphatic rings. The Morgan fingerprint density at radius 1 is 1.33 bits per heavy atom. The number of nitrogens with zero attached hydrogens (tertiary/aromatic N) is 2. The van der Waals surface area contributed by atoms with Crippen LogP contribution >= 0.6 is 15.9 Å². The van der Waals surface area contributed by atoms with E-state index in [4.69, 9.17) is 0 Å². The van der Waals surface area contributed by atoms with Gasteiger partial charge in [0.2, 0.25) is 0 Å². The average Bonchev–Trinajstić information content (AvgIpc) is 2.20. The normalized spacial score (nSPS) is 26.7. The summed E-state index contributed by atoms with van der Waals surface area (Å²) in [5.74, 6) is 1.09. The molecule has 2 nitrogen and oxygen atoms in total. The molecule has 0 N–H and O–H groups in total. The lowest BCUT2D eigenvalue weighted by Crippen LogP contribution is -2.44. The molecule has 1 fully saturated rings. The third-order valence-corrected chi connectivity index (χ3v) is 3.80. The van der Waals surface area contributed by atoms with E-state index in [1.807, 2.05) is 12.3 Å². The zero-order valence-corrected chi connectivity index (χ0v) is 10.9. The van der Waals surface area contributed by atoms with Gasteiger partial charge in [0.1, 0.15) is 5.82 Å². The molecule has 0 radical (unpaired) electrons. The molecule has 2 atom stereocenters. The second-order valence-electron chi connectivity index (χ2n) is 4.35. The maximum absolute atomic E-state index is 4.48. The summed E-state index contributed by atoms with van der Waals surface area (Å²) in [6.07, 6.45) is 5.75. The zero-order chi connectivity index (χ0) is 10.8. The van der Waals surface area contributed by atoms with Gasteiger partial charge in [-0.15, -0.1) is 0 Å². The van der Waals surface area contributed by atoms with E-state index in [2.05, 4.69) is 45.7 Å². The Kier molecular flexibility index (Phi) is 3.29. The number of halogens is 1. The molecule has 2 unspecified atom stereocenters. The second kappa shape index (κ2) is 4.52. The highest BCUT2D eigenvalue weighted by Gasteiger charge is 2.26. The molecule has 15 heavy (non-hydrogen) atoms. The first-order valence-corrected chi connectivity index (χ1v) is 6.38. The van der Waals surface area contributed by atoms with Crippen LogP contribution in [-0.4, -0.2) is 17.1 Å². The molecular weight excluding hydrogens is 252 g/mol. The third kappa shape index (κ3) is 2.17. The van der Waals surface area contributed by atoms with Gasteiger partial charge in [0.15, 0.2) is 0 Å². The molecule has 1 aliphatic heterocycles. The Hall–Kier alpha value is -0.570. The van der Waals surface area contributed by atoms with E-state index in [1.54, 1.807) is 0 Å². The molecule has 0 saturated carbocycles. The van der Waals surface area contributed by atoms with Gasteiger partial charge in [-0.1, -0.05) is 0 Å². The van der Waals surface area contributed by atoms with Crippen LogP contribution in [0.25, 0.3) is 0 Å². The lowest BCUT2D eigenvalue weighted by Gasteiger charge is -2.40. The Balaban J connectivity index is 2.31. The van der Waals surface area contributed by atoms with Gasteiger partial charge in [0.25, 0.3) is 0 Å². The van der Waals surface area contributed by atoms with E-state index in [0.717, 1.165) is 10.3 Å². The Morgan fingerprint density at radius 2 is 2.00 bits per heavy atom. The molecule has 2 heterocycles. The average molecular weight is 269 g/mol. The van der Waals surface area contributed by atoms with Gasteiger partial charge in [-0.3, -0.25) is 0 Å². The van der Waals surface area contributed by atoms with Gasteiger partial charge < -0.3 is 4.90 Å². The molecule has 1 aromatic rings. The van der Waals surface area contributed by atoms with Gasteiger partial charge in [0.05, 0.1) is 4.47 Å². The minimum absolute atomic E-state index is 0.597. The van der Waals surface area contributed by atoms with Crippen molar-refractivity contribution in [2.45, 2.75) is 45.2 Å². The highest BCUT2D eigenvalue weighted by molar-refractivity contribution is 9.10. The Labute approximate surface area is 99.8 Å². The molecule has 2 rings (SSSR count). The van der Waals surface area contributed by atoms with Crippen molar-refractivity contribution in [3.63, 3.8) is 0 Å². The SMILES string of the molecule is CC1CCCC(C)N1c1ncccc1Br. The first kappa shape index (κ1) is 10.9. The van der Waals surface area contributed by atoms with Gasteiger partial charge in [-0.25, -0.2) is 4.98 Å². The highest BCUT2D eigenvalue weighted by Crippen LogP contribution is 2.32. The standard InChI is InChI=1S/C12H17BrN2/c1-9-5-3-6-10(2)15(9)12-11(13)7-4-8-14-12/h4,7-10H,3,5-6H2,1-2H3. The fraction of sp³-hybridized carbons (Fsp3) is 0.583. The van der Waals surface area contributed by atoms with E-state index >= 15 is 0 Å². The number of piperidine rings is 1. The van der Waals surface area contributed by atoms with Crippen LogP contribution in [0, 0.1) is 0 Å². The summed E-state index contributed by atoms with van der Waals surface area (Å²) >= 11 is 3.58. The van der Waals surface area contributed by atoms with Gasteiger partial charge >= 0.3 is 0 Å². The van der Waals surface area contributed by atoms with Crippen molar-refractivity contribution in [2.75, 3.05) is 4.90 Å². The summed E-state index contributed by atoms with van der Waals surface area (Å²) in [4.78, 5) is 6.92. The largest absolute Gasteiger partial charge is 0.350 e. The molecule has 1 saturated heterocycles. The van der Waals surface area contributed by atoms with Crippen molar-refractivity contribution in [1.82, 2.24) is 4.98 Å². The maximum atomic E-state index is 4.48. The second-order valence-corrected chi connectivity index (χ2v) is 5.20. The van der Waals surface area contributed by atoms with E-state index < -0.39 is 0 Å². The van der Waals surface area contributed by atoms with Crippen LogP contribution in [0.2, 0.25) is 0 Å². The van der Waals surface area contributed by atoms with E-state index in [0.29, 0.717) is 12.1 Å². The molecule has 0 aromatic carbocycles. The molecule has 3 heteroatoms. The number of rotatable bonds is 1. The summed E-state index contributed by atoms with van der Waals surface area (Å²) in [5.41, 5.74) is 0. The minimum Gasteiger partial charge on any atom is -0.350 e. The summed E-state index contributed by atoms with van der Waals surface area (Å²) < 4.78 is 1.10. The van der Waals surface area contributed by atoms with Crippen LogP contribution in [-0.2, 0) is 0 Å². The molecule has 0 amide bonds. The number of hydrogen-bond donors (Lipinski definition) is 0. The zero-order valence-electron chi connectivity index (χ0n) is 9.28. The molecular formula is C12H17BrN2. The Bertz CT molecular complexity index is 330. The van der Waals surface area contributed by atoms with Crippen LogP contribution in [0.15, 0.2) is 22.8 Å². The van der Waals surface area contributed by atoms with Crippen LogP contribution in [0.3, 0.4) is 0 Å². The first-order chi connectivity index (χ1) is 7.20. The lowest BCUT2D eigenvalue weighted by atomic mass is 9.97. The van der Waals surface area contributed by atoms with Gasteiger partial charge in [-0.05, 0) is 61.2 Å². The third-order valence-electron chi connectivity index (χ3n) is 3.18. The van der Waals surface area contributed by atoms with Crippen molar-refractivity contribution in [2.24, 2.45) is 0 Å². The minimum atomic E-state index is 0.597. The quantitative estimate of drug-likeness (QED) is 0.774. The number of aromatic nitrogens is 1. The van der Waals surface area contributed by atoms with E-state index in [-0.39, 0.29) is 0 Å². The molecule has 0 bridgehead atoms. The van der Waals surface area contributed by atoms with Crippen molar-refractivity contribution in [3.05, 3.63) is 22.8 Å². The predicted molar refractivity (Wildman–Crippen MR) is 67.2 cm³/mol. The summed E-state index contributed by atoms with van der Waals surface area (Å²) in [6, 6.07) is 5.23. The molecule has 0 aliphatic carbocycles. The van der Waals surface area contributed by atoms with Crippen LogP contribution in [0.1, 0.15) is 33.1 Å².